The minimum Gasteiger partial charge on any atom is -0.502 e. The van der Waals surface area contributed by atoms with E-state index in [9.17, 15) is 0 Å². The van der Waals surface area contributed by atoms with Crippen LogP contribution >= 0.6 is 0 Å². The van der Waals surface area contributed by atoms with Crippen molar-refractivity contribution in [3.8, 4) is 28.6 Å². The summed E-state index contributed by atoms with van der Waals surface area (Å²) in [5.74, 6) is -0.845. The number of hydrogen-bond acceptors (Lipinski definition) is 5. The van der Waals surface area contributed by atoms with E-state index in [-0.39, 0.29) is 58.4 Å². The zero-order valence-corrected chi connectivity index (χ0v) is 16.9. The number of hydrogen-bond donors (Lipinski definition) is 1. The lowest BCUT2D eigenvalue weighted by Gasteiger charge is -2.13. The molecule has 2 aromatic carbocycles. The molecule has 1 heterocycles. The Morgan fingerprint density at radius 3 is 3.07 bits per heavy atom. The van der Waals surface area contributed by atoms with Crippen molar-refractivity contribution < 1.29 is 21.6 Å². The second-order valence-electron chi connectivity index (χ2n) is 6.89. The minimum absolute atomic E-state index is 0.0791. The number of nitrogens with zero attached hydrogens (tertiary/aromatic N) is 3. The summed E-state index contributed by atoms with van der Waals surface area (Å²) in [6.45, 7) is 13.0. The van der Waals surface area contributed by atoms with Crippen molar-refractivity contribution in [2.75, 3.05) is 6.54 Å². The Labute approximate surface area is 189 Å². The molecule has 1 atom stereocenters. The fraction of sp³-hybridized carbons (Fsp3) is 0.375. The van der Waals surface area contributed by atoms with Crippen LogP contribution in [-0.2, 0) is 6.42 Å². The first-order valence-electron chi connectivity index (χ1n) is 14.1. The van der Waals surface area contributed by atoms with E-state index in [0.717, 1.165) is 0 Å². The average Bonchev–Trinajstić information content (AvgIpc) is 3.40. The van der Waals surface area contributed by atoms with Crippen molar-refractivity contribution in [2.24, 2.45) is 0 Å². The fourth-order valence-electron chi connectivity index (χ4n) is 3.00. The quantitative estimate of drug-likeness (QED) is 0.503. The minimum atomic E-state index is -2.19. The van der Waals surface area contributed by atoms with Gasteiger partial charge in [-0.3, -0.25) is 0 Å². The highest BCUT2D eigenvalue weighted by molar-refractivity contribution is 5.70. The Bertz CT molecular complexity index is 1520. The molecule has 0 saturated heterocycles. The Hall–Kier alpha value is -3.17. The predicted octanol–water partition coefficient (Wildman–Crippen LogP) is 5.73. The molecule has 0 amide bonds. The normalized spacial score (nSPS) is 23.6. The molecule has 6 heteroatoms. The van der Waals surface area contributed by atoms with E-state index in [4.69, 9.17) is 28.2 Å². The number of benzene rings is 2. The van der Waals surface area contributed by atoms with E-state index in [0.29, 0.717) is 6.42 Å². The van der Waals surface area contributed by atoms with Gasteiger partial charge in [0.15, 0.2) is 0 Å². The summed E-state index contributed by atoms with van der Waals surface area (Å²) in [7, 11) is 0. The number of nitrogens with one attached hydrogen (secondary N) is 1. The number of aromatic nitrogens is 2. The van der Waals surface area contributed by atoms with Crippen molar-refractivity contribution >= 4 is 5.69 Å². The summed E-state index contributed by atoms with van der Waals surface area (Å²) >= 11 is 0. The van der Waals surface area contributed by atoms with Gasteiger partial charge in [-0.1, -0.05) is 30.2 Å². The predicted molar refractivity (Wildman–Crippen MR) is 117 cm³/mol. The Balaban J connectivity index is 1.94. The molecule has 1 aliphatic rings. The largest absolute Gasteiger partial charge is 0.502 e. The first-order valence-corrected chi connectivity index (χ1v) is 9.62. The highest BCUT2D eigenvalue weighted by atomic mass is 16.5. The molecule has 0 saturated carbocycles. The third kappa shape index (κ3) is 3.94. The van der Waals surface area contributed by atoms with Crippen molar-refractivity contribution in [3.63, 3.8) is 0 Å². The lowest BCUT2D eigenvalue weighted by atomic mass is 10.0. The molecule has 0 aliphatic heterocycles. The van der Waals surface area contributed by atoms with Crippen LogP contribution in [0.1, 0.15) is 63.0 Å². The van der Waals surface area contributed by atoms with E-state index in [1.807, 2.05) is 6.92 Å². The number of rotatable bonds is 7. The molecule has 1 aliphatic carbocycles. The maximum atomic E-state index is 8.94. The lowest BCUT2D eigenvalue weighted by molar-refractivity contribution is 0.244. The van der Waals surface area contributed by atoms with Gasteiger partial charge in [-0.25, -0.2) is 4.85 Å². The monoisotopic (exact) mass is 411 g/mol. The third-order valence-electron chi connectivity index (χ3n) is 4.31. The van der Waals surface area contributed by atoms with E-state index in [2.05, 4.69) is 20.3 Å². The first kappa shape index (κ1) is 11.9. The van der Waals surface area contributed by atoms with Gasteiger partial charge >= 0.3 is 0 Å². The van der Waals surface area contributed by atoms with Crippen molar-refractivity contribution in [2.45, 2.75) is 52.1 Å². The molecule has 0 fully saturated rings. The molecule has 4 rings (SSSR count). The van der Waals surface area contributed by atoms with Crippen molar-refractivity contribution in [1.82, 2.24) is 15.5 Å². The maximum absolute atomic E-state index is 8.94. The van der Waals surface area contributed by atoms with Crippen molar-refractivity contribution in [1.29, 1.82) is 0 Å². The second kappa shape index (κ2) is 8.68. The summed E-state index contributed by atoms with van der Waals surface area (Å²) in [5.41, 5.74) is -0.640. The summed E-state index contributed by atoms with van der Waals surface area (Å²) in [6, 6.07) is -4.87. The van der Waals surface area contributed by atoms with Crippen molar-refractivity contribution in [3.05, 3.63) is 58.8 Å². The van der Waals surface area contributed by atoms with Gasteiger partial charge in [-0.2, -0.15) is 4.98 Å². The SMILES string of the molecule is [2H]c1c([2H])c(-c2noc(-c3c([2H])c([2H])c(OC(C)C)c([N+]#[C-])c3[2H])n2)c2c(c1[2H])[C@@]([2H])(NCCC)C([2H])([2H])C2. The first-order chi connectivity index (χ1) is 18.2. The standard InChI is InChI=1S/C24H26N4O2/c1-5-13-26-20-11-10-17-18(20)7-6-8-19(17)23-27-24(30-28-23)16-9-12-22(29-15(2)3)21(14-16)25-4/h6-9,12,14-15,20,26H,5,10-11,13H2,1-3H3/t20-/m0/s1/i6D,7D,8D,9D,11D2,12D,14D,20D. The molecule has 1 aromatic heterocycles. The Morgan fingerprint density at radius 2 is 2.30 bits per heavy atom. The zero-order chi connectivity index (χ0) is 29.0. The molecule has 3 aromatic rings. The van der Waals surface area contributed by atoms with Crippen LogP contribution in [0.5, 0.6) is 5.75 Å². The van der Waals surface area contributed by atoms with Gasteiger partial charge in [0.1, 0.15) is 5.75 Å². The summed E-state index contributed by atoms with van der Waals surface area (Å²) < 4.78 is 87.6. The second-order valence-corrected chi connectivity index (χ2v) is 6.89. The van der Waals surface area contributed by atoms with Gasteiger partial charge in [0, 0.05) is 21.3 Å². The molecular weight excluding hydrogens is 376 g/mol. The summed E-state index contributed by atoms with van der Waals surface area (Å²) in [6.07, 6.45) is -2.36. The van der Waals surface area contributed by atoms with Crippen LogP contribution in [0.2, 0.25) is 0 Å². The smallest absolute Gasteiger partial charge is 0.256 e. The topological polar surface area (TPSA) is 64.5 Å². The molecule has 1 N–H and O–H groups in total. The van der Waals surface area contributed by atoms with Crippen LogP contribution in [0.15, 0.2) is 40.8 Å². The van der Waals surface area contributed by atoms with Gasteiger partial charge in [-0.15, -0.1) is 0 Å². The highest BCUT2D eigenvalue weighted by Crippen LogP contribution is 2.38. The van der Waals surface area contributed by atoms with E-state index >= 15 is 0 Å². The third-order valence-corrected chi connectivity index (χ3v) is 4.31. The van der Waals surface area contributed by atoms with E-state index < -0.39 is 54.7 Å². The molecule has 0 bridgehead atoms. The van der Waals surface area contributed by atoms with Gasteiger partial charge in [0.25, 0.3) is 5.89 Å². The molecular formula is C24H26N4O2. The fourth-order valence-corrected chi connectivity index (χ4v) is 3.00. The number of ether oxygens (including phenoxy) is 1. The Kier molecular flexibility index (Phi) is 3.44. The van der Waals surface area contributed by atoms with Gasteiger partial charge in [0.2, 0.25) is 11.5 Å². The summed E-state index contributed by atoms with van der Waals surface area (Å²) in [5, 5.41) is 6.73. The Morgan fingerprint density at radius 1 is 1.43 bits per heavy atom. The van der Waals surface area contributed by atoms with Gasteiger partial charge < -0.3 is 14.6 Å². The summed E-state index contributed by atoms with van der Waals surface area (Å²) in [4.78, 5) is 7.55. The molecule has 6 nitrogen and oxygen atoms in total. The zero-order valence-electron chi connectivity index (χ0n) is 25.9. The molecule has 154 valence electrons. The average molecular weight is 412 g/mol. The van der Waals surface area contributed by atoms with Crippen LogP contribution in [0, 0.1) is 6.57 Å². The van der Waals surface area contributed by atoms with Crippen LogP contribution in [0.3, 0.4) is 0 Å². The van der Waals surface area contributed by atoms with Crippen LogP contribution in [0.25, 0.3) is 27.7 Å². The lowest BCUT2D eigenvalue weighted by Crippen LogP contribution is -2.19. The van der Waals surface area contributed by atoms with Crippen LogP contribution in [0.4, 0.5) is 5.69 Å². The maximum Gasteiger partial charge on any atom is 0.256 e. The van der Waals surface area contributed by atoms with Gasteiger partial charge in [-0.05, 0) is 68.9 Å². The molecule has 30 heavy (non-hydrogen) atoms. The van der Waals surface area contributed by atoms with E-state index in [1.165, 1.54) is 0 Å². The number of fused-ring (bicyclic) bond motifs is 1. The highest BCUT2D eigenvalue weighted by Gasteiger charge is 2.26. The van der Waals surface area contributed by atoms with Crippen LogP contribution in [-0.4, -0.2) is 22.8 Å². The molecule has 0 unspecified atom stereocenters. The van der Waals surface area contributed by atoms with E-state index in [1.54, 1.807) is 13.8 Å². The molecule has 0 radical (unpaired) electrons. The molecule has 0 spiro atoms. The van der Waals surface area contributed by atoms with Crippen LogP contribution < -0.4 is 10.1 Å². The van der Waals surface area contributed by atoms with Gasteiger partial charge in [0.05, 0.1) is 20.9 Å².